The van der Waals surface area contributed by atoms with Crippen molar-refractivity contribution in [2.45, 2.75) is 19.1 Å². The van der Waals surface area contributed by atoms with Gasteiger partial charge >= 0.3 is 0 Å². The fourth-order valence-corrected chi connectivity index (χ4v) is 3.06. The van der Waals surface area contributed by atoms with Crippen LogP contribution in [0.1, 0.15) is 14.5 Å². The van der Waals surface area contributed by atoms with Crippen LogP contribution in [0.2, 0.25) is 0 Å². The summed E-state index contributed by atoms with van der Waals surface area (Å²) in [6, 6.07) is 3.89. The van der Waals surface area contributed by atoms with Crippen LogP contribution in [0.5, 0.6) is 0 Å². The van der Waals surface area contributed by atoms with Crippen molar-refractivity contribution < 1.29 is 14.3 Å². The molecule has 0 amide bonds. The van der Waals surface area contributed by atoms with E-state index >= 15 is 0 Å². The van der Waals surface area contributed by atoms with Crippen LogP contribution >= 0.6 is 11.3 Å². The summed E-state index contributed by atoms with van der Waals surface area (Å²) in [5.74, 6) is 0.180. The maximum absolute atomic E-state index is 12.1. The van der Waals surface area contributed by atoms with Gasteiger partial charge in [0.1, 0.15) is 0 Å². The molecular weight excluding hydrogens is 250 g/mol. The third-order valence-electron chi connectivity index (χ3n) is 3.28. The molecule has 1 aliphatic rings. The smallest absolute Gasteiger partial charge is 0.186 e. The fraction of sp³-hybridized carbons (Fsp3) is 0.615. The van der Waals surface area contributed by atoms with E-state index in [0.29, 0.717) is 6.54 Å². The van der Waals surface area contributed by atoms with Gasteiger partial charge in [0.2, 0.25) is 0 Å². The molecule has 2 heterocycles. The maximum atomic E-state index is 12.1. The van der Waals surface area contributed by atoms with Crippen LogP contribution in [0.3, 0.4) is 0 Å². The van der Waals surface area contributed by atoms with Gasteiger partial charge in [0.15, 0.2) is 5.78 Å². The number of hydrogen-bond donors (Lipinski definition) is 0. The molecule has 4 nitrogen and oxygen atoms in total. The summed E-state index contributed by atoms with van der Waals surface area (Å²) in [6.07, 6.45) is 0.126. The zero-order valence-electron chi connectivity index (χ0n) is 11.0. The monoisotopic (exact) mass is 269 g/mol. The van der Waals surface area contributed by atoms with Crippen molar-refractivity contribution in [2.75, 3.05) is 33.9 Å². The Morgan fingerprint density at radius 1 is 1.33 bits per heavy atom. The first-order chi connectivity index (χ1) is 8.63. The van der Waals surface area contributed by atoms with E-state index in [1.165, 1.54) is 4.88 Å². The normalized spacial score (nSPS) is 24.6. The summed E-state index contributed by atoms with van der Waals surface area (Å²) < 4.78 is 10.7. The summed E-state index contributed by atoms with van der Waals surface area (Å²) in [5, 5.41) is 0. The Kier molecular flexibility index (Phi) is 4.50. The van der Waals surface area contributed by atoms with E-state index in [1.807, 2.05) is 19.1 Å². The Balaban J connectivity index is 1.93. The van der Waals surface area contributed by atoms with Crippen LogP contribution in [0.4, 0.5) is 0 Å². The van der Waals surface area contributed by atoms with E-state index in [4.69, 9.17) is 9.47 Å². The molecule has 0 aliphatic carbocycles. The van der Waals surface area contributed by atoms with Gasteiger partial charge in [0.25, 0.3) is 0 Å². The van der Waals surface area contributed by atoms with Crippen LogP contribution in [0, 0.1) is 6.92 Å². The predicted octanol–water partition coefficient (Wildman–Crippen LogP) is 1.58. The first-order valence-corrected chi connectivity index (χ1v) is 6.83. The van der Waals surface area contributed by atoms with Gasteiger partial charge in [0, 0.05) is 32.2 Å². The number of rotatable bonds is 5. The zero-order valence-corrected chi connectivity index (χ0v) is 11.8. The molecule has 5 heteroatoms. The summed E-state index contributed by atoms with van der Waals surface area (Å²) in [7, 11) is 3.37. The van der Waals surface area contributed by atoms with E-state index in [1.54, 1.807) is 25.6 Å². The van der Waals surface area contributed by atoms with E-state index < -0.39 is 0 Å². The minimum absolute atomic E-state index is 0.0628. The minimum atomic E-state index is 0.0628. The third kappa shape index (κ3) is 2.98. The number of carbonyl (C=O) groups excluding carboxylic acids is 1. The number of methoxy groups -OCH3 is 2. The van der Waals surface area contributed by atoms with Crippen molar-refractivity contribution >= 4 is 17.1 Å². The third-order valence-corrected chi connectivity index (χ3v) is 4.32. The molecule has 1 fully saturated rings. The number of Topliss-reactive ketones (excluding diaryl/α,β-unsaturated/α-hetero) is 1. The Morgan fingerprint density at radius 3 is 2.39 bits per heavy atom. The molecule has 2 atom stereocenters. The van der Waals surface area contributed by atoms with Crippen LogP contribution in [-0.4, -0.2) is 56.7 Å². The molecule has 0 bridgehead atoms. The molecule has 1 aromatic rings. The molecule has 0 spiro atoms. The second-order valence-corrected chi connectivity index (χ2v) is 5.86. The first kappa shape index (κ1) is 13.7. The maximum Gasteiger partial charge on any atom is 0.186 e. The highest BCUT2D eigenvalue weighted by Crippen LogP contribution is 2.19. The average Bonchev–Trinajstić information content (AvgIpc) is 2.95. The number of aryl methyl sites for hydroxylation is 1. The quantitative estimate of drug-likeness (QED) is 0.761. The van der Waals surface area contributed by atoms with Gasteiger partial charge in [0.05, 0.1) is 23.6 Å². The van der Waals surface area contributed by atoms with Crippen molar-refractivity contribution in [3.63, 3.8) is 0 Å². The molecule has 0 radical (unpaired) electrons. The highest BCUT2D eigenvalue weighted by atomic mass is 32.1. The summed E-state index contributed by atoms with van der Waals surface area (Å²) in [5.41, 5.74) is 0. The molecular formula is C13H19NO3S. The molecule has 18 heavy (non-hydrogen) atoms. The standard InChI is InChI=1S/C13H19NO3S/c1-9-4-5-13(18-9)10(15)6-14-7-11(16-2)12(8-14)17-3/h4-5,11-12H,6-8H2,1-3H3. The molecule has 0 saturated carbocycles. The van der Waals surface area contributed by atoms with Crippen molar-refractivity contribution in [1.82, 2.24) is 4.90 Å². The Bertz CT molecular complexity index is 406. The second kappa shape index (κ2) is 5.93. The van der Waals surface area contributed by atoms with Crippen LogP contribution < -0.4 is 0 Å². The van der Waals surface area contributed by atoms with Gasteiger partial charge < -0.3 is 9.47 Å². The topological polar surface area (TPSA) is 38.8 Å². The molecule has 1 saturated heterocycles. The highest BCUT2D eigenvalue weighted by molar-refractivity contribution is 7.14. The number of likely N-dealkylation sites (tertiary alicyclic amines) is 1. The van der Waals surface area contributed by atoms with Crippen LogP contribution in [0.25, 0.3) is 0 Å². The highest BCUT2D eigenvalue weighted by Gasteiger charge is 2.33. The van der Waals surface area contributed by atoms with Crippen LogP contribution in [-0.2, 0) is 9.47 Å². The lowest BCUT2D eigenvalue weighted by atomic mass is 10.3. The van der Waals surface area contributed by atoms with Gasteiger partial charge in [-0.2, -0.15) is 0 Å². The van der Waals surface area contributed by atoms with E-state index in [9.17, 15) is 4.79 Å². The number of thiophene rings is 1. The van der Waals surface area contributed by atoms with Crippen molar-refractivity contribution in [3.05, 3.63) is 21.9 Å². The molecule has 2 rings (SSSR count). The molecule has 1 aliphatic heterocycles. The van der Waals surface area contributed by atoms with Gasteiger partial charge in [-0.15, -0.1) is 11.3 Å². The fourth-order valence-electron chi connectivity index (χ4n) is 2.27. The minimum Gasteiger partial charge on any atom is -0.377 e. The second-order valence-electron chi connectivity index (χ2n) is 4.58. The Hall–Kier alpha value is -0.750. The van der Waals surface area contributed by atoms with Gasteiger partial charge in [-0.1, -0.05) is 0 Å². The molecule has 0 N–H and O–H groups in total. The SMILES string of the molecule is COC1CN(CC(=O)c2ccc(C)s2)CC1OC. The van der Waals surface area contributed by atoms with Crippen molar-refractivity contribution in [2.24, 2.45) is 0 Å². The number of carbonyl (C=O) groups is 1. The van der Waals surface area contributed by atoms with Crippen molar-refractivity contribution in [3.8, 4) is 0 Å². The van der Waals surface area contributed by atoms with Gasteiger partial charge in [-0.05, 0) is 19.1 Å². The Labute approximate surface area is 111 Å². The average molecular weight is 269 g/mol. The van der Waals surface area contributed by atoms with Gasteiger partial charge in [-0.3, -0.25) is 9.69 Å². The largest absolute Gasteiger partial charge is 0.377 e. The molecule has 1 aromatic heterocycles. The Morgan fingerprint density at radius 2 is 1.94 bits per heavy atom. The predicted molar refractivity (Wildman–Crippen MR) is 71.4 cm³/mol. The molecule has 0 aromatic carbocycles. The zero-order chi connectivity index (χ0) is 13.1. The van der Waals surface area contributed by atoms with E-state index in [2.05, 4.69) is 4.90 Å². The summed E-state index contributed by atoms with van der Waals surface area (Å²) >= 11 is 1.55. The first-order valence-electron chi connectivity index (χ1n) is 6.01. The number of ketones is 1. The summed E-state index contributed by atoms with van der Waals surface area (Å²) in [6.45, 7) is 3.97. The number of hydrogen-bond acceptors (Lipinski definition) is 5. The lowest BCUT2D eigenvalue weighted by Gasteiger charge is -2.13. The summed E-state index contributed by atoms with van der Waals surface area (Å²) in [4.78, 5) is 16.2. The van der Waals surface area contributed by atoms with E-state index in [0.717, 1.165) is 18.0 Å². The lowest BCUT2D eigenvalue weighted by molar-refractivity contribution is -0.00461. The van der Waals surface area contributed by atoms with Crippen LogP contribution in [0.15, 0.2) is 12.1 Å². The molecule has 2 unspecified atom stereocenters. The number of ether oxygens (including phenoxy) is 2. The molecule has 100 valence electrons. The van der Waals surface area contributed by atoms with E-state index in [-0.39, 0.29) is 18.0 Å². The number of nitrogens with zero attached hydrogens (tertiary/aromatic N) is 1. The van der Waals surface area contributed by atoms with Crippen molar-refractivity contribution in [1.29, 1.82) is 0 Å². The lowest BCUT2D eigenvalue weighted by Crippen LogP contribution is -2.28. The van der Waals surface area contributed by atoms with Gasteiger partial charge in [-0.25, -0.2) is 0 Å².